The van der Waals surface area contributed by atoms with Gasteiger partial charge in [0.05, 0.1) is 17.3 Å². The summed E-state index contributed by atoms with van der Waals surface area (Å²) in [5, 5.41) is 31.2. The Morgan fingerprint density at radius 2 is 1.90 bits per heavy atom. The molecule has 1 saturated carbocycles. The van der Waals surface area contributed by atoms with Crippen LogP contribution in [0.25, 0.3) is 10.9 Å². The molecule has 0 unspecified atom stereocenters. The minimum atomic E-state index is -0.184. The lowest BCUT2D eigenvalue weighted by atomic mass is 9.93. The van der Waals surface area contributed by atoms with Crippen molar-refractivity contribution in [2.24, 2.45) is 0 Å². The number of aromatic nitrogens is 2. The summed E-state index contributed by atoms with van der Waals surface area (Å²) in [6, 6.07) is 10.1. The maximum Gasteiger partial charge on any atom is 0.186 e. The van der Waals surface area contributed by atoms with Gasteiger partial charge in [-0.1, -0.05) is 18.2 Å². The number of aliphatic hydroxyl groups excluding tert-OH is 1. The molecule has 2 N–H and O–H groups in total. The van der Waals surface area contributed by atoms with E-state index in [1.807, 2.05) is 24.3 Å². The van der Waals surface area contributed by atoms with Crippen LogP contribution in [0, 0.1) is 11.3 Å². The maximum absolute atomic E-state index is 9.56. The Bertz CT molecular complexity index is 656. The fourth-order valence-electron chi connectivity index (χ4n) is 2.70. The lowest BCUT2D eigenvalue weighted by Gasteiger charge is -2.27. The topological polar surface area (TPSA) is 81.8 Å². The Labute approximate surface area is 117 Å². The van der Waals surface area contributed by atoms with Crippen molar-refractivity contribution in [3.8, 4) is 6.07 Å². The highest BCUT2D eigenvalue weighted by Crippen LogP contribution is 2.28. The molecular weight excluding hydrogens is 252 g/mol. The molecule has 3 rings (SSSR count). The highest BCUT2D eigenvalue weighted by molar-refractivity contribution is 5.92. The van der Waals surface area contributed by atoms with Crippen LogP contribution >= 0.6 is 0 Å². The minimum absolute atomic E-state index is 0.184. The van der Waals surface area contributed by atoms with E-state index in [0.717, 1.165) is 42.3 Å². The highest BCUT2D eigenvalue weighted by atomic mass is 16.3. The van der Waals surface area contributed by atoms with Gasteiger partial charge in [0, 0.05) is 11.4 Å². The summed E-state index contributed by atoms with van der Waals surface area (Å²) in [6.07, 6.45) is 3.23. The van der Waals surface area contributed by atoms with Gasteiger partial charge in [0.2, 0.25) is 0 Å². The molecule has 5 nitrogen and oxygen atoms in total. The van der Waals surface area contributed by atoms with Crippen molar-refractivity contribution >= 4 is 16.6 Å². The molecule has 0 radical (unpaired) electrons. The molecule has 20 heavy (non-hydrogen) atoms. The minimum Gasteiger partial charge on any atom is -0.393 e. The van der Waals surface area contributed by atoms with Gasteiger partial charge in [-0.15, -0.1) is 10.2 Å². The Kier molecular flexibility index (Phi) is 3.48. The fourth-order valence-corrected chi connectivity index (χ4v) is 2.70. The molecule has 0 spiro atoms. The average Bonchev–Trinajstić information content (AvgIpc) is 2.50. The van der Waals surface area contributed by atoms with Crippen molar-refractivity contribution in [3.05, 3.63) is 30.0 Å². The number of nitrogens with zero attached hydrogens (tertiary/aromatic N) is 3. The molecule has 1 aliphatic carbocycles. The SMILES string of the molecule is N#Cc1nnc2ccccc2c1NC1CCC(O)CC1. The van der Waals surface area contributed by atoms with Gasteiger partial charge in [0.15, 0.2) is 5.69 Å². The number of fused-ring (bicyclic) bond motifs is 1. The van der Waals surface area contributed by atoms with Gasteiger partial charge in [0.1, 0.15) is 6.07 Å². The van der Waals surface area contributed by atoms with Crippen LogP contribution < -0.4 is 5.32 Å². The van der Waals surface area contributed by atoms with E-state index >= 15 is 0 Å². The van der Waals surface area contributed by atoms with Gasteiger partial charge < -0.3 is 10.4 Å². The lowest BCUT2D eigenvalue weighted by Crippen LogP contribution is -2.28. The number of nitriles is 1. The zero-order valence-corrected chi connectivity index (χ0v) is 11.1. The van der Waals surface area contributed by atoms with Crippen LogP contribution in [-0.4, -0.2) is 27.4 Å². The number of benzene rings is 1. The summed E-state index contributed by atoms with van der Waals surface area (Å²) >= 11 is 0. The third kappa shape index (κ3) is 2.43. The van der Waals surface area contributed by atoms with Gasteiger partial charge in [0.25, 0.3) is 0 Å². The Morgan fingerprint density at radius 1 is 1.15 bits per heavy atom. The molecule has 0 bridgehead atoms. The molecule has 0 aliphatic heterocycles. The van der Waals surface area contributed by atoms with Crippen molar-refractivity contribution in [3.63, 3.8) is 0 Å². The Balaban J connectivity index is 1.95. The van der Waals surface area contributed by atoms with Gasteiger partial charge in [-0.05, 0) is 31.7 Å². The van der Waals surface area contributed by atoms with Crippen LogP contribution in [0.15, 0.2) is 24.3 Å². The van der Waals surface area contributed by atoms with E-state index in [1.165, 1.54) is 0 Å². The van der Waals surface area contributed by atoms with E-state index in [-0.39, 0.29) is 12.1 Å². The summed E-state index contributed by atoms with van der Waals surface area (Å²) < 4.78 is 0. The molecule has 0 atom stereocenters. The quantitative estimate of drug-likeness (QED) is 0.872. The fraction of sp³-hybridized carbons (Fsp3) is 0.400. The first-order chi connectivity index (χ1) is 9.78. The van der Waals surface area contributed by atoms with Crippen LogP contribution in [0.3, 0.4) is 0 Å². The molecule has 1 fully saturated rings. The molecule has 102 valence electrons. The number of hydrogen-bond acceptors (Lipinski definition) is 5. The smallest absolute Gasteiger partial charge is 0.186 e. The number of nitrogens with one attached hydrogen (secondary N) is 1. The third-order valence-electron chi connectivity index (χ3n) is 3.82. The molecule has 2 aromatic rings. The van der Waals surface area contributed by atoms with Crippen molar-refractivity contribution in [2.75, 3.05) is 5.32 Å². The number of anilines is 1. The first kappa shape index (κ1) is 12.8. The normalized spacial score (nSPS) is 22.4. The standard InChI is InChI=1S/C15H16N4O/c16-9-14-15(17-10-5-7-11(20)8-6-10)12-3-1-2-4-13(12)18-19-14/h1-4,10-11,20H,5-8H2,(H,17,18). The second kappa shape index (κ2) is 5.43. The highest BCUT2D eigenvalue weighted by Gasteiger charge is 2.21. The van der Waals surface area contributed by atoms with E-state index in [1.54, 1.807) is 0 Å². The van der Waals surface area contributed by atoms with Crippen molar-refractivity contribution in [2.45, 2.75) is 37.8 Å². The Morgan fingerprint density at radius 3 is 2.65 bits per heavy atom. The summed E-state index contributed by atoms with van der Waals surface area (Å²) in [5.41, 5.74) is 1.87. The molecule has 1 aromatic heterocycles. The van der Waals surface area contributed by atoms with Crippen LogP contribution in [0.2, 0.25) is 0 Å². The number of hydrogen-bond donors (Lipinski definition) is 2. The van der Waals surface area contributed by atoms with Crippen molar-refractivity contribution < 1.29 is 5.11 Å². The molecule has 1 aromatic carbocycles. The van der Waals surface area contributed by atoms with E-state index in [0.29, 0.717) is 5.69 Å². The lowest BCUT2D eigenvalue weighted by molar-refractivity contribution is 0.126. The molecule has 1 aliphatic rings. The zero-order valence-electron chi connectivity index (χ0n) is 11.1. The largest absolute Gasteiger partial charge is 0.393 e. The van der Waals surface area contributed by atoms with E-state index in [9.17, 15) is 10.4 Å². The monoisotopic (exact) mass is 268 g/mol. The summed E-state index contributed by atoms with van der Waals surface area (Å²) in [7, 11) is 0. The van der Waals surface area contributed by atoms with E-state index in [2.05, 4.69) is 21.6 Å². The number of aliphatic hydroxyl groups is 1. The zero-order chi connectivity index (χ0) is 13.9. The first-order valence-corrected chi connectivity index (χ1v) is 6.88. The van der Waals surface area contributed by atoms with Crippen molar-refractivity contribution in [1.29, 1.82) is 5.26 Å². The van der Waals surface area contributed by atoms with Crippen LogP contribution in [0.1, 0.15) is 31.4 Å². The summed E-state index contributed by atoms with van der Waals surface area (Å²) in [4.78, 5) is 0. The van der Waals surface area contributed by atoms with Gasteiger partial charge in [-0.3, -0.25) is 0 Å². The predicted molar refractivity (Wildman–Crippen MR) is 76.1 cm³/mol. The van der Waals surface area contributed by atoms with Crippen LogP contribution in [0.4, 0.5) is 5.69 Å². The predicted octanol–water partition coefficient (Wildman–Crippen LogP) is 2.22. The average molecular weight is 268 g/mol. The van der Waals surface area contributed by atoms with E-state index < -0.39 is 0 Å². The van der Waals surface area contributed by atoms with Gasteiger partial charge in [-0.2, -0.15) is 5.26 Å². The first-order valence-electron chi connectivity index (χ1n) is 6.88. The third-order valence-corrected chi connectivity index (χ3v) is 3.82. The van der Waals surface area contributed by atoms with Gasteiger partial charge >= 0.3 is 0 Å². The maximum atomic E-state index is 9.56. The van der Waals surface area contributed by atoms with Crippen LogP contribution in [-0.2, 0) is 0 Å². The van der Waals surface area contributed by atoms with Crippen molar-refractivity contribution in [1.82, 2.24) is 10.2 Å². The Hall–Kier alpha value is -2.19. The van der Waals surface area contributed by atoms with E-state index in [4.69, 9.17) is 0 Å². The summed E-state index contributed by atoms with van der Waals surface area (Å²) in [6.45, 7) is 0. The van der Waals surface area contributed by atoms with Crippen LogP contribution in [0.5, 0.6) is 0 Å². The molecular formula is C15H16N4O. The van der Waals surface area contributed by atoms with Gasteiger partial charge in [-0.25, -0.2) is 0 Å². The molecule has 1 heterocycles. The summed E-state index contributed by atoms with van der Waals surface area (Å²) in [5.74, 6) is 0. The second-order valence-electron chi connectivity index (χ2n) is 5.20. The second-order valence-corrected chi connectivity index (χ2v) is 5.20. The molecule has 0 saturated heterocycles. The molecule has 5 heteroatoms. The molecule has 0 amide bonds. The number of rotatable bonds is 2.